The van der Waals surface area contributed by atoms with Crippen molar-refractivity contribution in [2.75, 3.05) is 0 Å². The molecule has 2 heterocycles. The van der Waals surface area contributed by atoms with E-state index in [2.05, 4.69) is 15.5 Å². The summed E-state index contributed by atoms with van der Waals surface area (Å²) in [5, 5.41) is 14.9. The van der Waals surface area contributed by atoms with Crippen LogP contribution in [0, 0.1) is 10.1 Å². The van der Waals surface area contributed by atoms with Crippen molar-refractivity contribution in [3.63, 3.8) is 0 Å². The number of furan rings is 1. The molecule has 1 aromatic carbocycles. The summed E-state index contributed by atoms with van der Waals surface area (Å²) in [7, 11) is 0. The minimum Gasteiger partial charge on any atom is -0.455 e. The molecule has 0 aliphatic heterocycles. The van der Waals surface area contributed by atoms with Crippen LogP contribution in [0.4, 0.5) is 5.69 Å². The monoisotopic (exact) mass is 336 g/mol. The van der Waals surface area contributed by atoms with Gasteiger partial charge in [0.1, 0.15) is 17.2 Å². The van der Waals surface area contributed by atoms with Crippen molar-refractivity contribution in [3.8, 4) is 11.3 Å². The molecule has 0 atom stereocenters. The standard InChI is InChI=1S/C17H12N4O4/c22-17(14-6-3-4-10-18-14)20-19-11-12-8-9-16(25-12)13-5-1-2-7-15(13)21(23)24/h1-11H,(H,20,22)/b19-11-. The number of aromatic nitrogens is 1. The van der Waals surface area contributed by atoms with Gasteiger partial charge in [-0.2, -0.15) is 5.10 Å². The van der Waals surface area contributed by atoms with Crippen LogP contribution < -0.4 is 5.43 Å². The van der Waals surface area contributed by atoms with Gasteiger partial charge in [-0.05, 0) is 30.3 Å². The molecule has 0 saturated carbocycles. The topological polar surface area (TPSA) is 111 Å². The second-order valence-corrected chi connectivity index (χ2v) is 4.89. The molecule has 3 rings (SSSR count). The van der Waals surface area contributed by atoms with Gasteiger partial charge in [0.05, 0.1) is 16.7 Å². The van der Waals surface area contributed by atoms with Gasteiger partial charge in [-0.25, -0.2) is 5.43 Å². The van der Waals surface area contributed by atoms with Crippen molar-refractivity contribution in [1.82, 2.24) is 10.4 Å². The van der Waals surface area contributed by atoms with Crippen molar-refractivity contribution in [2.24, 2.45) is 5.10 Å². The summed E-state index contributed by atoms with van der Waals surface area (Å²) in [6, 6.07) is 14.4. The zero-order chi connectivity index (χ0) is 17.6. The van der Waals surface area contributed by atoms with Crippen molar-refractivity contribution < 1.29 is 14.1 Å². The third-order valence-electron chi connectivity index (χ3n) is 3.25. The van der Waals surface area contributed by atoms with E-state index in [-0.39, 0.29) is 11.4 Å². The van der Waals surface area contributed by atoms with Crippen LogP contribution in [0.25, 0.3) is 11.3 Å². The number of carbonyl (C=O) groups is 1. The van der Waals surface area contributed by atoms with Crippen LogP contribution in [0.15, 0.2) is 70.3 Å². The minimum absolute atomic E-state index is 0.0520. The first-order valence-electron chi connectivity index (χ1n) is 7.23. The number of carbonyl (C=O) groups excluding carboxylic acids is 1. The molecule has 0 saturated heterocycles. The number of nitrogens with one attached hydrogen (secondary N) is 1. The maximum absolute atomic E-state index is 11.8. The molecular formula is C17H12N4O4. The Hall–Kier alpha value is -3.81. The number of rotatable bonds is 5. The Morgan fingerprint density at radius 2 is 1.96 bits per heavy atom. The average Bonchev–Trinajstić information content (AvgIpc) is 3.11. The van der Waals surface area contributed by atoms with E-state index in [1.54, 1.807) is 48.5 Å². The Kier molecular flexibility index (Phi) is 4.61. The zero-order valence-electron chi connectivity index (χ0n) is 12.8. The van der Waals surface area contributed by atoms with E-state index in [0.29, 0.717) is 17.1 Å². The first-order valence-corrected chi connectivity index (χ1v) is 7.23. The van der Waals surface area contributed by atoms with Crippen molar-refractivity contribution in [2.45, 2.75) is 0 Å². The number of hydrogen-bond donors (Lipinski definition) is 1. The SMILES string of the molecule is O=C(N/N=C\c1ccc(-c2ccccc2[N+](=O)[O-])o1)c1ccccn1. The molecule has 1 N–H and O–H groups in total. The zero-order valence-corrected chi connectivity index (χ0v) is 12.8. The van der Waals surface area contributed by atoms with Gasteiger partial charge in [0.15, 0.2) is 0 Å². The summed E-state index contributed by atoms with van der Waals surface area (Å²) in [6.07, 6.45) is 2.81. The molecule has 124 valence electrons. The summed E-state index contributed by atoms with van der Waals surface area (Å²) in [4.78, 5) is 26.3. The molecule has 2 aromatic heterocycles. The predicted octanol–water partition coefficient (Wildman–Crippen LogP) is 3.01. The first kappa shape index (κ1) is 16.1. The average molecular weight is 336 g/mol. The molecule has 0 radical (unpaired) electrons. The third kappa shape index (κ3) is 3.75. The normalized spacial score (nSPS) is 10.7. The summed E-state index contributed by atoms with van der Waals surface area (Å²) in [5.41, 5.74) is 2.88. The van der Waals surface area contributed by atoms with Crippen molar-refractivity contribution in [3.05, 3.63) is 82.4 Å². The fourth-order valence-electron chi connectivity index (χ4n) is 2.12. The highest BCUT2D eigenvalue weighted by atomic mass is 16.6. The molecule has 0 aliphatic rings. The van der Waals surface area contributed by atoms with E-state index in [1.165, 1.54) is 18.5 Å². The summed E-state index contributed by atoms with van der Waals surface area (Å²) in [6.45, 7) is 0. The van der Waals surface area contributed by atoms with Crippen LogP contribution in [0.1, 0.15) is 16.2 Å². The van der Waals surface area contributed by atoms with Gasteiger partial charge in [-0.1, -0.05) is 18.2 Å². The molecule has 0 fully saturated rings. The van der Waals surface area contributed by atoms with Gasteiger partial charge in [0.25, 0.3) is 11.6 Å². The van der Waals surface area contributed by atoms with E-state index in [1.807, 2.05) is 0 Å². The van der Waals surface area contributed by atoms with Crippen molar-refractivity contribution >= 4 is 17.8 Å². The number of nitro benzene ring substituents is 1. The van der Waals surface area contributed by atoms with Crippen LogP contribution >= 0.6 is 0 Å². The maximum atomic E-state index is 11.8. The van der Waals surface area contributed by atoms with Gasteiger partial charge in [-0.15, -0.1) is 0 Å². The molecule has 0 unspecified atom stereocenters. The van der Waals surface area contributed by atoms with E-state index in [4.69, 9.17) is 4.42 Å². The number of amides is 1. The predicted molar refractivity (Wildman–Crippen MR) is 90.1 cm³/mol. The van der Waals surface area contributed by atoms with Gasteiger partial charge >= 0.3 is 0 Å². The smallest absolute Gasteiger partial charge is 0.289 e. The highest BCUT2D eigenvalue weighted by molar-refractivity contribution is 5.92. The summed E-state index contributed by atoms with van der Waals surface area (Å²) < 4.78 is 5.53. The molecule has 8 nitrogen and oxygen atoms in total. The lowest BCUT2D eigenvalue weighted by Crippen LogP contribution is -2.18. The fraction of sp³-hybridized carbons (Fsp3) is 0. The highest BCUT2D eigenvalue weighted by Gasteiger charge is 2.16. The lowest BCUT2D eigenvalue weighted by atomic mass is 10.1. The number of benzene rings is 1. The fourth-order valence-corrected chi connectivity index (χ4v) is 2.12. The number of pyridine rings is 1. The molecule has 0 spiro atoms. The molecule has 8 heteroatoms. The Labute approximate surface area is 142 Å². The van der Waals surface area contributed by atoms with E-state index >= 15 is 0 Å². The number of nitrogens with zero attached hydrogens (tertiary/aromatic N) is 3. The van der Waals surface area contributed by atoms with Gasteiger partial charge in [0, 0.05) is 12.3 Å². The van der Waals surface area contributed by atoms with Gasteiger partial charge < -0.3 is 4.42 Å². The molecule has 25 heavy (non-hydrogen) atoms. The van der Waals surface area contributed by atoms with Crippen LogP contribution in [-0.4, -0.2) is 22.0 Å². The second-order valence-electron chi connectivity index (χ2n) is 4.89. The summed E-state index contributed by atoms with van der Waals surface area (Å²) in [5.74, 6) is 0.224. The molecule has 0 aliphatic carbocycles. The van der Waals surface area contributed by atoms with E-state index in [9.17, 15) is 14.9 Å². The number of para-hydroxylation sites is 1. The lowest BCUT2D eigenvalue weighted by molar-refractivity contribution is -0.384. The Morgan fingerprint density at radius 1 is 1.16 bits per heavy atom. The van der Waals surface area contributed by atoms with Crippen LogP contribution in [0.3, 0.4) is 0 Å². The molecule has 0 bridgehead atoms. The molecule has 3 aromatic rings. The molecular weight excluding hydrogens is 324 g/mol. The van der Waals surface area contributed by atoms with Crippen molar-refractivity contribution in [1.29, 1.82) is 0 Å². The Morgan fingerprint density at radius 3 is 2.72 bits per heavy atom. The third-order valence-corrected chi connectivity index (χ3v) is 3.25. The first-order chi connectivity index (χ1) is 12.1. The lowest BCUT2D eigenvalue weighted by Gasteiger charge is -1.99. The van der Waals surface area contributed by atoms with Crippen LogP contribution in [0.5, 0.6) is 0 Å². The quantitative estimate of drug-likeness (QED) is 0.437. The highest BCUT2D eigenvalue weighted by Crippen LogP contribution is 2.30. The van der Waals surface area contributed by atoms with E-state index in [0.717, 1.165) is 0 Å². The number of nitro groups is 1. The minimum atomic E-state index is -0.474. The van der Waals surface area contributed by atoms with E-state index < -0.39 is 10.8 Å². The van der Waals surface area contributed by atoms with Crippen LogP contribution in [-0.2, 0) is 0 Å². The molecule has 1 amide bonds. The Bertz CT molecular complexity index is 935. The van der Waals surface area contributed by atoms with Crippen LogP contribution in [0.2, 0.25) is 0 Å². The summed E-state index contributed by atoms with van der Waals surface area (Å²) >= 11 is 0. The maximum Gasteiger partial charge on any atom is 0.289 e. The second kappa shape index (κ2) is 7.18. The largest absolute Gasteiger partial charge is 0.455 e. The van der Waals surface area contributed by atoms with Gasteiger partial charge in [0.2, 0.25) is 0 Å². The van der Waals surface area contributed by atoms with Gasteiger partial charge in [-0.3, -0.25) is 19.9 Å². The Balaban J connectivity index is 1.72. The number of hydrazone groups is 1. The number of hydrogen-bond acceptors (Lipinski definition) is 6.